The maximum atomic E-state index is 10.5. The van der Waals surface area contributed by atoms with Crippen molar-refractivity contribution in [2.45, 2.75) is 33.3 Å². The van der Waals surface area contributed by atoms with E-state index in [2.05, 4.69) is 0 Å². The number of rotatable bonds is 5. The molecule has 4 nitrogen and oxygen atoms in total. The first-order valence-corrected chi connectivity index (χ1v) is 8.05. The van der Waals surface area contributed by atoms with Gasteiger partial charge in [0.1, 0.15) is 11.4 Å². The Hall–Kier alpha value is -2.33. The maximum absolute atomic E-state index is 10.5. The van der Waals surface area contributed by atoms with E-state index in [9.17, 15) is 5.11 Å². The summed E-state index contributed by atoms with van der Waals surface area (Å²) in [5.41, 5.74) is 4.59. The predicted octanol–water partition coefficient (Wildman–Crippen LogP) is 4.15. The fourth-order valence-electron chi connectivity index (χ4n) is 2.87. The van der Waals surface area contributed by atoms with Crippen molar-refractivity contribution in [1.29, 1.82) is 0 Å². The number of hydrogen-bond acceptors (Lipinski definition) is 3. The first-order valence-electron chi connectivity index (χ1n) is 8.05. The summed E-state index contributed by atoms with van der Waals surface area (Å²) in [6.07, 6.45) is 0.0965. The normalized spacial score (nSPS) is 12.5. The Morgan fingerprint density at radius 2 is 1.87 bits per heavy atom. The number of aryl methyl sites for hydroxylation is 1. The molecule has 4 heteroatoms. The molecule has 0 aliphatic rings. The van der Waals surface area contributed by atoms with Crippen LogP contribution < -0.4 is 4.74 Å². The Morgan fingerprint density at radius 1 is 1.13 bits per heavy atom. The van der Waals surface area contributed by atoms with E-state index in [4.69, 9.17) is 9.72 Å². The molecular formula is C19H22N2O2. The number of aromatic nitrogens is 2. The fraction of sp³-hybridized carbons (Fsp3) is 0.316. The van der Waals surface area contributed by atoms with Gasteiger partial charge in [0.25, 0.3) is 0 Å². The number of aliphatic hydroxyl groups is 1. The zero-order valence-electron chi connectivity index (χ0n) is 13.8. The standard InChI is InChI=1S/C19H22N2O2/c1-4-16(22)19-18(14-9-11-15(12-10-14)23-5-2)20-17-8-6-7-13(3)21(17)19/h6-12,16,22H,4-5H2,1-3H3. The van der Waals surface area contributed by atoms with Crippen molar-refractivity contribution < 1.29 is 9.84 Å². The lowest BCUT2D eigenvalue weighted by molar-refractivity contribution is 0.168. The predicted molar refractivity (Wildman–Crippen MR) is 91.8 cm³/mol. The van der Waals surface area contributed by atoms with Crippen LogP contribution in [0.3, 0.4) is 0 Å². The second-order valence-corrected chi connectivity index (χ2v) is 5.59. The molecule has 3 rings (SSSR count). The average Bonchev–Trinajstić information content (AvgIpc) is 2.96. The van der Waals surface area contributed by atoms with Gasteiger partial charge in [0.15, 0.2) is 0 Å². The van der Waals surface area contributed by atoms with Crippen molar-refractivity contribution >= 4 is 5.65 Å². The number of pyridine rings is 1. The monoisotopic (exact) mass is 310 g/mol. The molecule has 1 unspecified atom stereocenters. The first-order chi connectivity index (χ1) is 11.2. The van der Waals surface area contributed by atoms with Crippen LogP contribution in [-0.2, 0) is 0 Å². The van der Waals surface area contributed by atoms with Crippen LogP contribution in [0, 0.1) is 6.92 Å². The molecule has 3 aromatic rings. The Morgan fingerprint density at radius 3 is 2.52 bits per heavy atom. The number of imidazole rings is 1. The molecule has 1 atom stereocenters. The van der Waals surface area contributed by atoms with E-state index in [1.807, 2.05) is 67.6 Å². The molecule has 0 spiro atoms. The zero-order chi connectivity index (χ0) is 16.4. The number of nitrogens with zero attached hydrogens (tertiary/aromatic N) is 2. The van der Waals surface area contributed by atoms with Gasteiger partial charge in [-0.1, -0.05) is 13.0 Å². The van der Waals surface area contributed by atoms with E-state index in [0.717, 1.165) is 34.0 Å². The quantitative estimate of drug-likeness (QED) is 0.770. The number of ether oxygens (including phenoxy) is 1. The van der Waals surface area contributed by atoms with Crippen molar-refractivity contribution in [2.75, 3.05) is 6.61 Å². The van der Waals surface area contributed by atoms with Crippen LogP contribution >= 0.6 is 0 Å². The highest BCUT2D eigenvalue weighted by Crippen LogP contribution is 2.32. The molecule has 1 aromatic carbocycles. The van der Waals surface area contributed by atoms with E-state index >= 15 is 0 Å². The SMILES string of the molecule is CCOc1ccc(-c2nc3cccc(C)n3c2C(O)CC)cc1. The smallest absolute Gasteiger partial charge is 0.137 e. The molecular weight excluding hydrogens is 288 g/mol. The molecule has 0 saturated carbocycles. The average molecular weight is 310 g/mol. The van der Waals surface area contributed by atoms with Crippen LogP contribution in [0.25, 0.3) is 16.9 Å². The lowest BCUT2D eigenvalue weighted by Gasteiger charge is -2.12. The maximum Gasteiger partial charge on any atom is 0.137 e. The summed E-state index contributed by atoms with van der Waals surface area (Å²) in [5.74, 6) is 0.841. The molecule has 120 valence electrons. The van der Waals surface area contributed by atoms with Gasteiger partial charge in [0, 0.05) is 11.3 Å². The third-order valence-corrected chi connectivity index (χ3v) is 4.02. The van der Waals surface area contributed by atoms with E-state index in [-0.39, 0.29) is 0 Å². The Balaban J connectivity index is 2.18. The fourth-order valence-corrected chi connectivity index (χ4v) is 2.87. The molecule has 2 aromatic heterocycles. The van der Waals surface area contributed by atoms with Crippen molar-refractivity contribution in [3.05, 3.63) is 53.9 Å². The van der Waals surface area contributed by atoms with Crippen molar-refractivity contribution in [2.24, 2.45) is 0 Å². The third kappa shape index (κ3) is 2.82. The summed E-state index contributed by atoms with van der Waals surface area (Å²) in [6, 6.07) is 13.9. The van der Waals surface area contributed by atoms with E-state index in [0.29, 0.717) is 13.0 Å². The number of hydrogen-bond donors (Lipinski definition) is 1. The van der Waals surface area contributed by atoms with Gasteiger partial charge in [-0.3, -0.25) is 4.40 Å². The molecule has 0 aliphatic heterocycles. The molecule has 0 amide bonds. The van der Waals surface area contributed by atoms with Crippen molar-refractivity contribution in [1.82, 2.24) is 9.38 Å². The van der Waals surface area contributed by atoms with Gasteiger partial charge in [0.2, 0.25) is 0 Å². The summed E-state index contributed by atoms with van der Waals surface area (Å²) in [7, 11) is 0. The third-order valence-electron chi connectivity index (χ3n) is 4.02. The molecule has 2 heterocycles. The van der Waals surface area contributed by atoms with Gasteiger partial charge < -0.3 is 9.84 Å². The Labute approximate surface area is 136 Å². The lowest BCUT2D eigenvalue weighted by Crippen LogP contribution is -2.04. The molecule has 0 saturated heterocycles. The van der Waals surface area contributed by atoms with Gasteiger partial charge in [-0.05, 0) is 56.7 Å². The van der Waals surface area contributed by atoms with Crippen molar-refractivity contribution in [3.8, 4) is 17.0 Å². The summed E-state index contributed by atoms with van der Waals surface area (Å²) in [5, 5.41) is 10.5. The second-order valence-electron chi connectivity index (χ2n) is 5.59. The molecule has 0 aliphatic carbocycles. The minimum absolute atomic E-state index is 0.548. The van der Waals surface area contributed by atoms with E-state index in [1.54, 1.807) is 0 Å². The number of benzene rings is 1. The Kier molecular flexibility index (Phi) is 4.35. The van der Waals surface area contributed by atoms with Crippen LogP contribution in [0.15, 0.2) is 42.5 Å². The van der Waals surface area contributed by atoms with Gasteiger partial charge in [-0.2, -0.15) is 0 Å². The summed E-state index contributed by atoms with van der Waals surface area (Å²) in [6.45, 7) is 6.62. The highest BCUT2D eigenvalue weighted by Gasteiger charge is 2.20. The topological polar surface area (TPSA) is 46.8 Å². The van der Waals surface area contributed by atoms with Gasteiger partial charge in [-0.15, -0.1) is 0 Å². The number of fused-ring (bicyclic) bond motifs is 1. The van der Waals surface area contributed by atoms with Crippen molar-refractivity contribution in [3.63, 3.8) is 0 Å². The van der Waals surface area contributed by atoms with E-state index in [1.165, 1.54) is 0 Å². The molecule has 0 radical (unpaired) electrons. The summed E-state index contributed by atoms with van der Waals surface area (Å²) in [4.78, 5) is 4.75. The van der Waals surface area contributed by atoms with Crippen LogP contribution in [0.4, 0.5) is 0 Å². The molecule has 0 bridgehead atoms. The van der Waals surface area contributed by atoms with Gasteiger partial charge in [-0.25, -0.2) is 4.98 Å². The second kappa shape index (κ2) is 6.42. The van der Waals surface area contributed by atoms with Crippen LogP contribution in [-0.4, -0.2) is 21.1 Å². The lowest BCUT2D eigenvalue weighted by atomic mass is 10.1. The Bertz CT molecular complexity index is 806. The largest absolute Gasteiger partial charge is 0.494 e. The molecule has 1 N–H and O–H groups in total. The summed E-state index contributed by atoms with van der Waals surface area (Å²) < 4.78 is 7.54. The minimum atomic E-state index is -0.548. The van der Waals surface area contributed by atoms with Crippen LogP contribution in [0.2, 0.25) is 0 Å². The van der Waals surface area contributed by atoms with Gasteiger partial charge >= 0.3 is 0 Å². The highest BCUT2D eigenvalue weighted by atomic mass is 16.5. The highest BCUT2D eigenvalue weighted by molar-refractivity contribution is 5.68. The molecule has 23 heavy (non-hydrogen) atoms. The van der Waals surface area contributed by atoms with Crippen LogP contribution in [0.5, 0.6) is 5.75 Å². The van der Waals surface area contributed by atoms with E-state index < -0.39 is 6.10 Å². The van der Waals surface area contributed by atoms with Gasteiger partial charge in [0.05, 0.1) is 24.1 Å². The molecule has 0 fully saturated rings. The minimum Gasteiger partial charge on any atom is -0.494 e. The zero-order valence-corrected chi connectivity index (χ0v) is 13.8. The first kappa shape index (κ1) is 15.6. The summed E-state index contributed by atoms with van der Waals surface area (Å²) >= 11 is 0. The van der Waals surface area contributed by atoms with Crippen LogP contribution in [0.1, 0.15) is 37.8 Å². The number of aliphatic hydroxyl groups excluding tert-OH is 1.